The molecule has 0 spiro atoms. The van der Waals surface area contributed by atoms with Crippen LogP contribution >= 0.6 is 11.6 Å². The van der Waals surface area contributed by atoms with Gasteiger partial charge in [0.25, 0.3) is 5.91 Å². The van der Waals surface area contributed by atoms with Gasteiger partial charge in [-0.1, -0.05) is 54.1 Å². The Bertz CT molecular complexity index is 1040. The molecule has 0 aliphatic heterocycles. The summed E-state index contributed by atoms with van der Waals surface area (Å²) in [6.07, 6.45) is 0. The van der Waals surface area contributed by atoms with Crippen LogP contribution in [0.2, 0.25) is 5.02 Å². The monoisotopic (exact) mass is 414 g/mol. The Balaban J connectivity index is 1.55. The first kappa shape index (κ1) is 20.1. The van der Waals surface area contributed by atoms with E-state index in [-0.39, 0.29) is 17.3 Å². The second kappa shape index (κ2) is 9.01. The van der Waals surface area contributed by atoms with Crippen molar-refractivity contribution in [3.05, 3.63) is 101 Å². The van der Waals surface area contributed by atoms with E-state index in [0.717, 1.165) is 11.1 Å². The van der Waals surface area contributed by atoms with Gasteiger partial charge in [0.2, 0.25) is 10.0 Å². The van der Waals surface area contributed by atoms with Gasteiger partial charge in [0.05, 0.1) is 4.90 Å². The third kappa shape index (κ3) is 5.42. The van der Waals surface area contributed by atoms with E-state index in [9.17, 15) is 13.2 Å². The van der Waals surface area contributed by atoms with Gasteiger partial charge in [-0.05, 0) is 47.5 Å². The van der Waals surface area contributed by atoms with E-state index in [1.807, 2.05) is 12.1 Å². The summed E-state index contributed by atoms with van der Waals surface area (Å²) in [5, 5.41) is 3.49. The van der Waals surface area contributed by atoms with Gasteiger partial charge in [-0.25, -0.2) is 13.1 Å². The van der Waals surface area contributed by atoms with E-state index in [1.54, 1.807) is 54.6 Å². The van der Waals surface area contributed by atoms with Crippen LogP contribution < -0.4 is 10.0 Å². The lowest BCUT2D eigenvalue weighted by molar-refractivity contribution is 0.0951. The standard InChI is InChI=1S/C21H19ClN2O3S/c22-19-12-8-16(9-13-19)14-23-21(25)18-10-6-17(7-11-18)15-24-28(26,27)20-4-2-1-3-5-20/h1-13,24H,14-15H2,(H,23,25). The molecule has 0 heterocycles. The average molecular weight is 415 g/mol. The number of sulfonamides is 1. The molecule has 0 aromatic heterocycles. The molecule has 0 radical (unpaired) electrons. The van der Waals surface area contributed by atoms with Crippen LogP contribution in [0, 0.1) is 0 Å². The van der Waals surface area contributed by atoms with E-state index in [2.05, 4.69) is 10.0 Å². The molecule has 3 rings (SSSR count). The summed E-state index contributed by atoms with van der Waals surface area (Å²) in [5.74, 6) is -0.202. The van der Waals surface area contributed by atoms with Crippen molar-refractivity contribution >= 4 is 27.5 Å². The van der Waals surface area contributed by atoms with Gasteiger partial charge in [0.15, 0.2) is 0 Å². The van der Waals surface area contributed by atoms with Crippen molar-refractivity contribution in [3.8, 4) is 0 Å². The predicted molar refractivity (Wildman–Crippen MR) is 110 cm³/mol. The Labute approximate surface area is 169 Å². The summed E-state index contributed by atoms with van der Waals surface area (Å²) in [6, 6.07) is 22.2. The van der Waals surface area contributed by atoms with Crippen LogP contribution in [-0.4, -0.2) is 14.3 Å². The number of amides is 1. The van der Waals surface area contributed by atoms with E-state index in [1.165, 1.54) is 12.1 Å². The summed E-state index contributed by atoms with van der Waals surface area (Å²) in [5.41, 5.74) is 2.21. The van der Waals surface area contributed by atoms with Crippen LogP contribution in [0.15, 0.2) is 83.8 Å². The largest absolute Gasteiger partial charge is 0.348 e. The van der Waals surface area contributed by atoms with Gasteiger partial charge in [0, 0.05) is 23.7 Å². The predicted octanol–water partition coefficient (Wildman–Crippen LogP) is 3.75. The molecule has 0 saturated carbocycles. The summed E-state index contributed by atoms with van der Waals surface area (Å²) in [7, 11) is -3.57. The third-order valence-corrected chi connectivity index (χ3v) is 5.77. The quantitative estimate of drug-likeness (QED) is 0.618. The normalized spacial score (nSPS) is 11.2. The van der Waals surface area contributed by atoms with E-state index in [0.29, 0.717) is 17.1 Å². The first-order valence-corrected chi connectivity index (χ1v) is 10.5. The highest BCUT2D eigenvalue weighted by Gasteiger charge is 2.13. The number of nitrogens with one attached hydrogen (secondary N) is 2. The lowest BCUT2D eigenvalue weighted by Gasteiger charge is -2.08. The first-order valence-electron chi connectivity index (χ1n) is 8.60. The number of carbonyl (C=O) groups is 1. The third-order valence-electron chi connectivity index (χ3n) is 4.10. The smallest absolute Gasteiger partial charge is 0.251 e. The van der Waals surface area contributed by atoms with Gasteiger partial charge in [0.1, 0.15) is 0 Å². The highest BCUT2D eigenvalue weighted by atomic mass is 35.5. The summed E-state index contributed by atoms with van der Waals surface area (Å²) < 4.78 is 27.0. The fourth-order valence-electron chi connectivity index (χ4n) is 2.52. The number of halogens is 1. The van der Waals surface area contributed by atoms with Crippen molar-refractivity contribution in [3.63, 3.8) is 0 Å². The molecule has 28 heavy (non-hydrogen) atoms. The van der Waals surface area contributed by atoms with Crippen LogP contribution in [0.3, 0.4) is 0 Å². The van der Waals surface area contributed by atoms with E-state index < -0.39 is 10.0 Å². The van der Waals surface area contributed by atoms with Gasteiger partial charge in [-0.3, -0.25) is 4.79 Å². The van der Waals surface area contributed by atoms with Crippen LogP contribution in [0.25, 0.3) is 0 Å². The maximum absolute atomic E-state index is 12.2. The highest BCUT2D eigenvalue weighted by Crippen LogP contribution is 2.11. The fourth-order valence-corrected chi connectivity index (χ4v) is 3.69. The van der Waals surface area contributed by atoms with Crippen molar-refractivity contribution in [2.45, 2.75) is 18.0 Å². The van der Waals surface area contributed by atoms with Crippen LogP contribution in [0.4, 0.5) is 0 Å². The first-order chi connectivity index (χ1) is 13.4. The lowest BCUT2D eigenvalue weighted by atomic mass is 10.1. The molecule has 5 nitrogen and oxygen atoms in total. The minimum Gasteiger partial charge on any atom is -0.348 e. The molecule has 3 aromatic carbocycles. The molecule has 7 heteroatoms. The Morgan fingerprint density at radius 1 is 0.786 bits per heavy atom. The average Bonchev–Trinajstić information content (AvgIpc) is 2.73. The molecule has 2 N–H and O–H groups in total. The molecule has 144 valence electrons. The molecule has 3 aromatic rings. The number of hydrogen-bond acceptors (Lipinski definition) is 3. The molecule has 0 bridgehead atoms. The second-order valence-electron chi connectivity index (χ2n) is 6.14. The molecule has 0 unspecified atom stereocenters. The van der Waals surface area contributed by atoms with E-state index >= 15 is 0 Å². The number of carbonyl (C=O) groups excluding carboxylic acids is 1. The van der Waals surface area contributed by atoms with E-state index in [4.69, 9.17) is 11.6 Å². The molecule has 0 fully saturated rings. The molecule has 0 saturated heterocycles. The number of rotatable bonds is 7. The maximum atomic E-state index is 12.2. The highest BCUT2D eigenvalue weighted by molar-refractivity contribution is 7.89. The zero-order valence-corrected chi connectivity index (χ0v) is 16.5. The SMILES string of the molecule is O=C(NCc1ccc(Cl)cc1)c1ccc(CNS(=O)(=O)c2ccccc2)cc1. The van der Waals surface area contributed by atoms with Crippen LogP contribution in [0.1, 0.15) is 21.5 Å². The zero-order chi connectivity index (χ0) is 20.0. The van der Waals surface area contributed by atoms with Crippen molar-refractivity contribution in [2.75, 3.05) is 0 Å². The van der Waals surface area contributed by atoms with Crippen LogP contribution in [0.5, 0.6) is 0 Å². The molecular weight excluding hydrogens is 396 g/mol. The Morgan fingerprint density at radius 3 is 2.00 bits per heavy atom. The molecule has 1 amide bonds. The van der Waals surface area contributed by atoms with Crippen molar-refractivity contribution in [2.24, 2.45) is 0 Å². The number of hydrogen-bond donors (Lipinski definition) is 2. The zero-order valence-electron chi connectivity index (χ0n) is 14.9. The van der Waals surface area contributed by atoms with Gasteiger partial charge >= 0.3 is 0 Å². The van der Waals surface area contributed by atoms with Crippen molar-refractivity contribution in [1.82, 2.24) is 10.0 Å². The molecule has 0 aliphatic rings. The molecule has 0 atom stereocenters. The Hall–Kier alpha value is -2.67. The summed E-state index contributed by atoms with van der Waals surface area (Å²) in [6.45, 7) is 0.540. The van der Waals surface area contributed by atoms with Gasteiger partial charge < -0.3 is 5.32 Å². The Morgan fingerprint density at radius 2 is 1.36 bits per heavy atom. The van der Waals surface area contributed by atoms with Gasteiger partial charge in [-0.2, -0.15) is 0 Å². The Kier molecular flexibility index (Phi) is 6.46. The van der Waals surface area contributed by atoms with Crippen molar-refractivity contribution in [1.29, 1.82) is 0 Å². The lowest BCUT2D eigenvalue weighted by Crippen LogP contribution is -2.24. The number of benzene rings is 3. The minimum absolute atomic E-state index is 0.143. The van der Waals surface area contributed by atoms with Gasteiger partial charge in [-0.15, -0.1) is 0 Å². The summed E-state index contributed by atoms with van der Waals surface area (Å²) in [4.78, 5) is 12.5. The topological polar surface area (TPSA) is 75.3 Å². The second-order valence-corrected chi connectivity index (χ2v) is 8.35. The van der Waals surface area contributed by atoms with Crippen LogP contribution in [-0.2, 0) is 23.1 Å². The fraction of sp³-hybridized carbons (Fsp3) is 0.0952. The van der Waals surface area contributed by atoms with Crippen molar-refractivity contribution < 1.29 is 13.2 Å². The minimum atomic E-state index is -3.57. The summed E-state index contributed by atoms with van der Waals surface area (Å²) >= 11 is 5.84. The molecular formula is C21H19ClN2O3S. The molecule has 0 aliphatic carbocycles. The maximum Gasteiger partial charge on any atom is 0.251 e.